The monoisotopic (exact) mass is 469 g/mol. The van der Waals surface area contributed by atoms with Crippen molar-refractivity contribution in [2.75, 3.05) is 0 Å². The molecular formula is C26H22F3NO4. The molecule has 0 radical (unpaired) electrons. The van der Waals surface area contributed by atoms with Crippen LogP contribution in [0.2, 0.25) is 0 Å². The van der Waals surface area contributed by atoms with Gasteiger partial charge in [0.05, 0.1) is 19.1 Å². The van der Waals surface area contributed by atoms with Crippen LogP contribution in [0.4, 0.5) is 13.2 Å². The lowest BCUT2D eigenvalue weighted by Crippen LogP contribution is -2.20. The Morgan fingerprint density at radius 2 is 1.85 bits per heavy atom. The van der Waals surface area contributed by atoms with Crippen molar-refractivity contribution in [1.29, 1.82) is 0 Å². The molecule has 0 aliphatic heterocycles. The zero-order valence-electron chi connectivity index (χ0n) is 18.0. The second kappa shape index (κ2) is 9.61. The van der Waals surface area contributed by atoms with Gasteiger partial charge >= 0.3 is 12.1 Å². The van der Waals surface area contributed by atoms with Crippen LogP contribution < -0.4 is 10.5 Å². The number of para-hydroxylation sites is 1. The Bertz CT molecular complexity index is 1310. The van der Waals surface area contributed by atoms with Gasteiger partial charge < -0.3 is 20.0 Å². The molecule has 34 heavy (non-hydrogen) atoms. The molecule has 0 spiro atoms. The van der Waals surface area contributed by atoms with Gasteiger partial charge in [-0.1, -0.05) is 36.4 Å². The van der Waals surface area contributed by atoms with Crippen molar-refractivity contribution in [2.24, 2.45) is 5.73 Å². The van der Waals surface area contributed by atoms with Crippen molar-refractivity contribution in [3.63, 3.8) is 0 Å². The number of hydrogen-bond donors (Lipinski definition) is 2. The average Bonchev–Trinajstić information content (AvgIpc) is 3.25. The molecule has 0 amide bonds. The van der Waals surface area contributed by atoms with Crippen LogP contribution in [0.15, 0.2) is 77.4 Å². The molecule has 0 fully saturated rings. The van der Waals surface area contributed by atoms with E-state index >= 15 is 0 Å². The van der Waals surface area contributed by atoms with Crippen molar-refractivity contribution in [2.45, 2.75) is 31.7 Å². The summed E-state index contributed by atoms with van der Waals surface area (Å²) in [6.45, 7) is 0.165. The van der Waals surface area contributed by atoms with Crippen LogP contribution in [0.3, 0.4) is 0 Å². The minimum absolute atomic E-state index is 0.160. The Morgan fingerprint density at radius 3 is 2.62 bits per heavy atom. The number of furan rings is 1. The molecule has 176 valence electrons. The summed E-state index contributed by atoms with van der Waals surface area (Å²) >= 11 is 0. The van der Waals surface area contributed by atoms with Crippen LogP contribution in [-0.4, -0.2) is 17.3 Å². The van der Waals surface area contributed by atoms with Gasteiger partial charge in [-0.3, -0.25) is 4.79 Å². The number of benzene rings is 3. The summed E-state index contributed by atoms with van der Waals surface area (Å²) in [5.41, 5.74) is 9.49. The lowest BCUT2D eigenvalue weighted by atomic mass is 9.96. The lowest BCUT2D eigenvalue weighted by molar-refractivity contribution is -0.138. The van der Waals surface area contributed by atoms with E-state index in [1.807, 2.05) is 12.1 Å². The Hall–Kier alpha value is -3.78. The maximum Gasteiger partial charge on any atom is 0.390 e. The minimum atomic E-state index is -4.36. The van der Waals surface area contributed by atoms with Gasteiger partial charge in [0.25, 0.3) is 0 Å². The SMILES string of the molecule is N[C@H](CC(F)(F)F)c1cccc(-c2cc(COc3ccccc3CC(=O)O)cc3ccoc23)c1. The fourth-order valence-electron chi connectivity index (χ4n) is 3.86. The van der Waals surface area contributed by atoms with Crippen LogP contribution in [0.1, 0.15) is 29.2 Å². The summed E-state index contributed by atoms with van der Waals surface area (Å²) in [5.74, 6) is -0.486. The first-order valence-corrected chi connectivity index (χ1v) is 10.5. The molecule has 0 saturated heterocycles. The second-order valence-corrected chi connectivity index (χ2v) is 8.00. The second-order valence-electron chi connectivity index (χ2n) is 8.00. The number of halogens is 3. The molecule has 3 aromatic carbocycles. The van der Waals surface area contributed by atoms with Crippen molar-refractivity contribution < 1.29 is 32.2 Å². The molecule has 8 heteroatoms. The molecule has 0 saturated carbocycles. The van der Waals surface area contributed by atoms with Crippen LogP contribution in [0.5, 0.6) is 5.75 Å². The first-order chi connectivity index (χ1) is 16.2. The number of nitrogens with two attached hydrogens (primary N) is 1. The van der Waals surface area contributed by atoms with Gasteiger partial charge in [-0.05, 0) is 47.0 Å². The number of alkyl halides is 3. The molecule has 3 N–H and O–H groups in total. The number of aliphatic carboxylic acids is 1. The standard InChI is InChI=1S/C26H22F3NO4/c27-26(28,29)14-22(30)18-6-3-5-17(12-18)21-11-16(10-20-8-9-33-25(20)21)15-34-23-7-2-1-4-19(23)13-24(31)32/h1-12,22H,13-15,30H2,(H,31,32)/t22-/m1/s1. The Balaban J connectivity index is 1.64. The molecule has 1 heterocycles. The van der Waals surface area contributed by atoms with Gasteiger partial charge in [-0.2, -0.15) is 13.2 Å². The van der Waals surface area contributed by atoms with Gasteiger partial charge in [0, 0.05) is 22.6 Å². The number of carboxylic acids is 1. The summed E-state index contributed by atoms with van der Waals surface area (Å²) in [7, 11) is 0. The molecular weight excluding hydrogens is 447 g/mol. The maximum absolute atomic E-state index is 12.8. The van der Waals surface area contributed by atoms with E-state index in [9.17, 15) is 18.0 Å². The molecule has 4 aromatic rings. The van der Waals surface area contributed by atoms with E-state index in [4.69, 9.17) is 20.0 Å². The van der Waals surface area contributed by atoms with E-state index in [0.29, 0.717) is 33.6 Å². The predicted molar refractivity (Wildman–Crippen MR) is 121 cm³/mol. The lowest BCUT2D eigenvalue weighted by Gasteiger charge is -2.16. The molecule has 1 aromatic heterocycles. The van der Waals surface area contributed by atoms with Gasteiger partial charge in [0.15, 0.2) is 0 Å². The molecule has 4 rings (SSSR count). The van der Waals surface area contributed by atoms with Crippen molar-refractivity contribution in [3.8, 4) is 16.9 Å². The summed E-state index contributed by atoms with van der Waals surface area (Å²) in [5, 5.41) is 9.93. The normalized spacial score (nSPS) is 12.6. The number of ether oxygens (including phenoxy) is 1. The molecule has 0 bridgehead atoms. The van der Waals surface area contributed by atoms with Gasteiger partial charge in [-0.15, -0.1) is 0 Å². The highest BCUT2D eigenvalue weighted by Crippen LogP contribution is 2.34. The third-order valence-electron chi connectivity index (χ3n) is 5.40. The van der Waals surface area contributed by atoms with Crippen molar-refractivity contribution in [1.82, 2.24) is 0 Å². The van der Waals surface area contributed by atoms with Crippen molar-refractivity contribution in [3.05, 3.63) is 89.7 Å². The highest BCUT2D eigenvalue weighted by atomic mass is 19.4. The van der Waals surface area contributed by atoms with E-state index in [1.54, 1.807) is 60.9 Å². The van der Waals surface area contributed by atoms with Gasteiger partial charge in [-0.25, -0.2) is 0 Å². The first kappa shape index (κ1) is 23.4. The summed E-state index contributed by atoms with van der Waals surface area (Å²) in [6, 6.07) is 17.9. The van der Waals surface area contributed by atoms with E-state index in [2.05, 4.69) is 0 Å². The van der Waals surface area contributed by atoms with Crippen LogP contribution in [-0.2, 0) is 17.8 Å². The smallest absolute Gasteiger partial charge is 0.390 e. The highest BCUT2D eigenvalue weighted by molar-refractivity contribution is 5.93. The molecule has 5 nitrogen and oxygen atoms in total. The zero-order valence-corrected chi connectivity index (χ0v) is 18.0. The molecule has 1 atom stereocenters. The van der Waals surface area contributed by atoms with Crippen molar-refractivity contribution >= 4 is 16.9 Å². The Morgan fingerprint density at radius 1 is 1.06 bits per heavy atom. The topological polar surface area (TPSA) is 85.7 Å². The quantitative estimate of drug-likeness (QED) is 0.318. The van der Waals surface area contributed by atoms with E-state index in [-0.39, 0.29) is 13.0 Å². The summed E-state index contributed by atoms with van der Waals surface area (Å²) in [6.07, 6.45) is -4.10. The predicted octanol–water partition coefficient (Wildman–Crippen LogP) is 6.26. The maximum atomic E-state index is 12.8. The Kier molecular flexibility index (Phi) is 6.61. The zero-order chi connectivity index (χ0) is 24.3. The van der Waals surface area contributed by atoms with Crippen LogP contribution in [0, 0.1) is 0 Å². The Labute approximate surface area is 193 Å². The minimum Gasteiger partial charge on any atom is -0.489 e. The number of carboxylic acid groups (broad SMARTS) is 1. The number of fused-ring (bicyclic) bond motifs is 1. The van der Waals surface area contributed by atoms with Crippen LogP contribution in [0.25, 0.3) is 22.1 Å². The third kappa shape index (κ3) is 5.58. The third-order valence-corrected chi connectivity index (χ3v) is 5.40. The number of rotatable bonds is 8. The highest BCUT2D eigenvalue weighted by Gasteiger charge is 2.31. The summed E-state index contributed by atoms with van der Waals surface area (Å²) < 4.78 is 50.0. The van der Waals surface area contributed by atoms with E-state index in [1.165, 1.54) is 0 Å². The van der Waals surface area contributed by atoms with E-state index < -0.39 is 24.6 Å². The number of hydrogen-bond acceptors (Lipinski definition) is 4. The summed E-state index contributed by atoms with van der Waals surface area (Å²) in [4.78, 5) is 11.1. The number of carbonyl (C=O) groups is 1. The molecule has 0 aliphatic rings. The average molecular weight is 469 g/mol. The molecule has 0 aliphatic carbocycles. The fraction of sp³-hybridized carbons (Fsp3) is 0.192. The largest absolute Gasteiger partial charge is 0.489 e. The van der Waals surface area contributed by atoms with Gasteiger partial charge in [0.1, 0.15) is 17.9 Å². The van der Waals surface area contributed by atoms with Gasteiger partial charge in [0.2, 0.25) is 0 Å². The fourth-order valence-corrected chi connectivity index (χ4v) is 3.86. The van der Waals surface area contributed by atoms with Crippen LogP contribution >= 0.6 is 0 Å². The molecule has 0 unspecified atom stereocenters. The first-order valence-electron chi connectivity index (χ1n) is 10.5. The van der Waals surface area contributed by atoms with E-state index in [0.717, 1.165) is 10.9 Å².